The van der Waals surface area contributed by atoms with Crippen LogP contribution in [0.4, 0.5) is 5.69 Å². The third-order valence-corrected chi connectivity index (χ3v) is 5.89. The Balaban J connectivity index is 1.51. The molecule has 2 aromatic heterocycles. The minimum absolute atomic E-state index is 0.150. The van der Waals surface area contributed by atoms with Gasteiger partial charge in [0.1, 0.15) is 5.82 Å². The number of nitrogens with zero attached hydrogens (tertiary/aromatic N) is 4. The van der Waals surface area contributed by atoms with Crippen LogP contribution in [0.1, 0.15) is 31.8 Å². The Morgan fingerprint density at radius 3 is 2.53 bits per heavy atom. The van der Waals surface area contributed by atoms with Crippen molar-refractivity contribution in [1.82, 2.24) is 20.2 Å². The summed E-state index contributed by atoms with van der Waals surface area (Å²) in [4.78, 5) is 22.0. The molecule has 154 valence electrons. The zero-order valence-electron chi connectivity index (χ0n) is 17.1. The van der Waals surface area contributed by atoms with Crippen molar-refractivity contribution in [1.29, 1.82) is 0 Å². The van der Waals surface area contributed by atoms with Crippen LogP contribution in [0.25, 0.3) is 22.4 Å². The van der Waals surface area contributed by atoms with Crippen molar-refractivity contribution in [2.75, 3.05) is 18.0 Å². The van der Waals surface area contributed by atoms with Gasteiger partial charge in [0.05, 0.1) is 16.2 Å². The van der Waals surface area contributed by atoms with Gasteiger partial charge in [-0.15, -0.1) is 10.2 Å². The summed E-state index contributed by atoms with van der Waals surface area (Å²) in [6.45, 7) is 8.13. The molecule has 0 aliphatic rings. The minimum Gasteiger partial charge on any atom is -0.411 e. The number of fused-ring (bicyclic) bond motifs is 1. The van der Waals surface area contributed by atoms with Gasteiger partial charge in [-0.2, -0.15) is 0 Å². The van der Waals surface area contributed by atoms with Crippen LogP contribution in [-0.2, 0) is 0 Å². The van der Waals surface area contributed by atoms with Crippen molar-refractivity contribution in [3.05, 3.63) is 64.7 Å². The summed E-state index contributed by atoms with van der Waals surface area (Å²) in [6.07, 6.45) is 0. The lowest BCUT2D eigenvalue weighted by Gasteiger charge is -2.20. The second kappa shape index (κ2) is 8.71. The maximum Gasteiger partial charge on any atom is 0.277 e. The van der Waals surface area contributed by atoms with E-state index in [2.05, 4.69) is 51.0 Å². The van der Waals surface area contributed by atoms with Crippen LogP contribution in [-0.4, -0.2) is 33.3 Å². The minimum atomic E-state index is -0.152. The van der Waals surface area contributed by atoms with Crippen LogP contribution in [0.2, 0.25) is 0 Å². The molecular formula is C22H23N5O2S. The molecule has 4 aromatic rings. The van der Waals surface area contributed by atoms with Gasteiger partial charge in [-0.1, -0.05) is 23.9 Å². The quantitative estimate of drug-likeness (QED) is 0.434. The van der Waals surface area contributed by atoms with E-state index in [1.807, 2.05) is 37.3 Å². The number of para-hydroxylation sites is 1. The Bertz CT molecular complexity index is 1200. The van der Waals surface area contributed by atoms with E-state index >= 15 is 0 Å². The molecule has 1 N–H and O–H groups in total. The third-order valence-electron chi connectivity index (χ3n) is 4.94. The van der Waals surface area contributed by atoms with E-state index in [1.165, 1.54) is 11.8 Å². The maximum absolute atomic E-state index is 12.3. The number of hydrogen-bond acceptors (Lipinski definition) is 7. The lowest BCUT2D eigenvalue weighted by Crippen LogP contribution is -2.21. The highest BCUT2D eigenvalue weighted by molar-refractivity contribution is 7.99. The molecule has 0 radical (unpaired) electrons. The number of hydrogen-bond donors (Lipinski definition) is 1. The molecule has 2 heterocycles. The Morgan fingerprint density at radius 1 is 1.07 bits per heavy atom. The zero-order valence-corrected chi connectivity index (χ0v) is 17.9. The summed E-state index contributed by atoms with van der Waals surface area (Å²) >= 11 is 1.36. The molecule has 4 rings (SSSR count). The largest absolute Gasteiger partial charge is 0.411 e. The van der Waals surface area contributed by atoms with Crippen LogP contribution in [0.3, 0.4) is 0 Å². The number of aromatic nitrogens is 4. The van der Waals surface area contributed by atoms with Gasteiger partial charge in [-0.05, 0) is 57.2 Å². The van der Waals surface area contributed by atoms with Gasteiger partial charge in [-0.25, -0.2) is 4.98 Å². The number of nitrogens with one attached hydrogen (secondary N) is 1. The van der Waals surface area contributed by atoms with Crippen molar-refractivity contribution >= 4 is 28.4 Å². The van der Waals surface area contributed by atoms with E-state index in [0.717, 1.165) is 24.3 Å². The molecule has 7 nitrogen and oxygen atoms in total. The van der Waals surface area contributed by atoms with Crippen molar-refractivity contribution in [3.8, 4) is 11.5 Å². The van der Waals surface area contributed by atoms with Gasteiger partial charge in [0.2, 0.25) is 5.89 Å². The molecule has 0 bridgehead atoms. The molecule has 1 atom stereocenters. The van der Waals surface area contributed by atoms with Crippen LogP contribution in [0.5, 0.6) is 0 Å². The number of rotatable bonds is 7. The van der Waals surface area contributed by atoms with Gasteiger partial charge in [-0.3, -0.25) is 4.79 Å². The number of aromatic amines is 1. The van der Waals surface area contributed by atoms with E-state index < -0.39 is 0 Å². The predicted octanol–water partition coefficient (Wildman–Crippen LogP) is 4.67. The first kappa shape index (κ1) is 20.2. The number of benzene rings is 2. The molecule has 0 amide bonds. The Hall–Kier alpha value is -3.13. The number of H-pyrrole nitrogens is 1. The van der Waals surface area contributed by atoms with Gasteiger partial charge >= 0.3 is 0 Å². The smallest absolute Gasteiger partial charge is 0.277 e. The standard InChI is InChI=1S/C22H23N5O2S/c1-4-27(5-2)16-12-10-15(11-13-16)21-25-26-22(29-21)30-14(3)19-23-18-9-7-6-8-17(18)20(28)24-19/h6-14H,4-5H2,1-3H3,(H,23,24,28)/t14-/m0/s1. The van der Waals surface area contributed by atoms with Crippen molar-refractivity contribution in [2.24, 2.45) is 0 Å². The van der Waals surface area contributed by atoms with Crippen LogP contribution in [0, 0.1) is 0 Å². The molecule has 0 saturated heterocycles. The molecule has 0 unspecified atom stereocenters. The highest BCUT2D eigenvalue weighted by Crippen LogP contribution is 2.34. The Kier molecular flexibility index (Phi) is 5.85. The average Bonchev–Trinajstić information content (AvgIpc) is 3.23. The first-order chi connectivity index (χ1) is 14.6. The summed E-state index contributed by atoms with van der Waals surface area (Å²) in [5, 5.41) is 9.18. The molecule has 0 fully saturated rings. The SMILES string of the molecule is CCN(CC)c1ccc(-c2nnc(S[C@@H](C)c3nc4ccccc4c(=O)[nH]3)o2)cc1. The van der Waals surface area contributed by atoms with Gasteiger partial charge in [0, 0.05) is 24.3 Å². The Labute approximate surface area is 178 Å². The second-order valence-corrected chi connectivity index (χ2v) is 8.11. The van der Waals surface area contributed by atoms with E-state index in [9.17, 15) is 4.79 Å². The third kappa shape index (κ3) is 4.09. The second-order valence-electron chi connectivity index (χ2n) is 6.82. The molecule has 2 aromatic carbocycles. The van der Waals surface area contributed by atoms with Crippen molar-refractivity contribution < 1.29 is 4.42 Å². The van der Waals surface area contributed by atoms with Gasteiger partial charge < -0.3 is 14.3 Å². The molecule has 30 heavy (non-hydrogen) atoms. The monoisotopic (exact) mass is 421 g/mol. The lowest BCUT2D eigenvalue weighted by atomic mass is 10.2. The predicted molar refractivity (Wildman–Crippen MR) is 120 cm³/mol. The highest BCUT2D eigenvalue weighted by Gasteiger charge is 2.17. The van der Waals surface area contributed by atoms with E-state index in [0.29, 0.717) is 27.8 Å². The van der Waals surface area contributed by atoms with Crippen molar-refractivity contribution in [2.45, 2.75) is 31.2 Å². The molecule has 8 heteroatoms. The van der Waals surface area contributed by atoms with E-state index in [4.69, 9.17) is 4.42 Å². The highest BCUT2D eigenvalue weighted by atomic mass is 32.2. The average molecular weight is 422 g/mol. The molecule has 0 aliphatic carbocycles. The lowest BCUT2D eigenvalue weighted by molar-refractivity contribution is 0.465. The van der Waals surface area contributed by atoms with Crippen LogP contribution >= 0.6 is 11.8 Å². The summed E-state index contributed by atoms with van der Waals surface area (Å²) in [5.41, 5.74) is 2.55. The van der Waals surface area contributed by atoms with Crippen LogP contribution < -0.4 is 10.5 Å². The fraction of sp³-hybridized carbons (Fsp3) is 0.273. The summed E-state index contributed by atoms with van der Waals surface area (Å²) < 4.78 is 5.84. The number of anilines is 1. The van der Waals surface area contributed by atoms with E-state index in [-0.39, 0.29) is 10.8 Å². The van der Waals surface area contributed by atoms with Gasteiger partial charge in [0.25, 0.3) is 10.8 Å². The van der Waals surface area contributed by atoms with E-state index in [1.54, 1.807) is 6.07 Å². The molecular weight excluding hydrogens is 398 g/mol. The summed E-state index contributed by atoms with van der Waals surface area (Å²) in [5.74, 6) is 1.04. The van der Waals surface area contributed by atoms with Crippen molar-refractivity contribution in [3.63, 3.8) is 0 Å². The fourth-order valence-electron chi connectivity index (χ4n) is 3.28. The van der Waals surface area contributed by atoms with Gasteiger partial charge in [0.15, 0.2) is 0 Å². The first-order valence-electron chi connectivity index (χ1n) is 9.93. The molecule has 0 saturated carbocycles. The first-order valence-corrected chi connectivity index (χ1v) is 10.8. The fourth-order valence-corrected chi connectivity index (χ4v) is 4.02. The zero-order chi connectivity index (χ0) is 21.1. The maximum atomic E-state index is 12.3. The normalized spacial score (nSPS) is 12.2. The van der Waals surface area contributed by atoms with Crippen LogP contribution in [0.15, 0.2) is 63.0 Å². The summed E-state index contributed by atoms with van der Waals surface area (Å²) in [6, 6.07) is 15.4. The number of thioether (sulfide) groups is 1. The molecule has 0 spiro atoms. The Morgan fingerprint density at radius 2 is 1.80 bits per heavy atom. The molecule has 0 aliphatic heterocycles. The topological polar surface area (TPSA) is 87.9 Å². The summed E-state index contributed by atoms with van der Waals surface area (Å²) in [7, 11) is 0.